The minimum absolute atomic E-state index is 0.00747. The van der Waals surface area contributed by atoms with Crippen LogP contribution in [0.15, 0.2) is 48.5 Å². The van der Waals surface area contributed by atoms with E-state index in [0.29, 0.717) is 19.5 Å². The molecule has 35 heavy (non-hydrogen) atoms. The maximum atomic E-state index is 13.3. The quantitative estimate of drug-likeness (QED) is 0.622. The number of carboxylic acids is 1. The summed E-state index contributed by atoms with van der Waals surface area (Å²) in [5, 5.41) is 12.4. The van der Waals surface area contributed by atoms with Gasteiger partial charge in [-0.15, -0.1) is 0 Å². The minimum atomic E-state index is -0.758. The van der Waals surface area contributed by atoms with Crippen molar-refractivity contribution < 1.29 is 24.2 Å². The third-order valence-corrected chi connectivity index (χ3v) is 7.94. The van der Waals surface area contributed by atoms with Crippen molar-refractivity contribution in [3.05, 3.63) is 59.7 Å². The fourth-order valence-corrected chi connectivity index (χ4v) is 6.35. The van der Waals surface area contributed by atoms with E-state index in [2.05, 4.69) is 29.6 Å². The van der Waals surface area contributed by atoms with Crippen molar-refractivity contribution in [2.45, 2.75) is 44.6 Å². The van der Waals surface area contributed by atoms with Gasteiger partial charge in [0.1, 0.15) is 12.6 Å². The van der Waals surface area contributed by atoms with Crippen molar-refractivity contribution in [2.24, 2.45) is 17.8 Å². The molecule has 1 saturated heterocycles. The van der Waals surface area contributed by atoms with Gasteiger partial charge in [-0.25, -0.2) is 4.79 Å². The molecule has 1 aliphatic heterocycles. The van der Waals surface area contributed by atoms with Crippen LogP contribution in [0.2, 0.25) is 0 Å². The van der Waals surface area contributed by atoms with Crippen molar-refractivity contribution in [1.82, 2.24) is 10.2 Å². The fraction of sp³-hybridized carbons (Fsp3) is 0.464. The average molecular weight is 477 g/mol. The Hall–Kier alpha value is -3.35. The van der Waals surface area contributed by atoms with E-state index in [1.807, 2.05) is 31.2 Å². The summed E-state index contributed by atoms with van der Waals surface area (Å²) in [6.07, 6.45) is 2.32. The fourth-order valence-electron chi connectivity index (χ4n) is 6.35. The Labute approximate surface area is 205 Å². The van der Waals surface area contributed by atoms with Gasteiger partial charge in [-0.1, -0.05) is 61.9 Å². The van der Waals surface area contributed by atoms with Crippen LogP contribution in [0.5, 0.6) is 0 Å². The molecule has 2 aliphatic carbocycles. The third kappa shape index (κ3) is 4.40. The standard InChI is InChI=1S/C28H32N2O5/c1-2-7-24(26(31)30-14-17-12-13-18(15-30)25(17)27(32)33)29-28(34)35-16-23-21-10-5-3-8-19(21)20-9-4-6-11-22(20)23/h3-6,8-11,17-18,23-25H,2,7,12-16H2,1H3,(H,29,34)(H,32,33). The number of carbonyl (C=O) groups is 3. The van der Waals surface area contributed by atoms with Crippen molar-refractivity contribution in [2.75, 3.05) is 19.7 Å². The van der Waals surface area contributed by atoms with Gasteiger partial charge >= 0.3 is 12.1 Å². The number of nitrogens with one attached hydrogen (secondary N) is 1. The smallest absolute Gasteiger partial charge is 0.407 e. The van der Waals surface area contributed by atoms with Gasteiger partial charge in [-0.2, -0.15) is 0 Å². The number of carbonyl (C=O) groups excluding carboxylic acids is 2. The first-order valence-corrected chi connectivity index (χ1v) is 12.6. The van der Waals surface area contributed by atoms with Gasteiger partial charge in [-0.3, -0.25) is 9.59 Å². The molecule has 0 radical (unpaired) electrons. The zero-order chi connectivity index (χ0) is 24.5. The molecule has 2 aromatic carbocycles. The maximum Gasteiger partial charge on any atom is 0.407 e. The SMILES string of the molecule is CCCC(NC(=O)OCC1c2ccccc2-c2ccccc21)C(=O)N1CC2CCC(C1)C2C(=O)O. The van der Waals surface area contributed by atoms with E-state index < -0.39 is 18.1 Å². The summed E-state index contributed by atoms with van der Waals surface area (Å²) in [6.45, 7) is 3.05. The molecule has 1 saturated carbocycles. The second kappa shape index (κ2) is 9.72. The number of benzene rings is 2. The van der Waals surface area contributed by atoms with Crippen molar-refractivity contribution in [3.8, 4) is 11.1 Å². The van der Waals surface area contributed by atoms with Gasteiger partial charge in [0.25, 0.3) is 0 Å². The van der Waals surface area contributed by atoms with E-state index in [1.165, 1.54) is 0 Å². The average Bonchev–Trinajstić information content (AvgIpc) is 3.33. The number of likely N-dealkylation sites (tertiary alicyclic amines) is 1. The molecule has 1 heterocycles. The third-order valence-electron chi connectivity index (χ3n) is 7.94. The van der Waals surface area contributed by atoms with Crippen LogP contribution in [0.3, 0.4) is 0 Å². The van der Waals surface area contributed by atoms with Gasteiger partial charge in [0.15, 0.2) is 0 Å². The molecule has 5 rings (SSSR count). The largest absolute Gasteiger partial charge is 0.481 e. The Morgan fingerprint density at radius 3 is 2.11 bits per heavy atom. The van der Waals surface area contributed by atoms with E-state index in [4.69, 9.17) is 4.74 Å². The van der Waals surface area contributed by atoms with E-state index in [-0.39, 0.29) is 36.2 Å². The van der Waals surface area contributed by atoms with Gasteiger partial charge in [0.2, 0.25) is 5.91 Å². The monoisotopic (exact) mass is 476 g/mol. The highest BCUT2D eigenvalue weighted by atomic mass is 16.5. The summed E-state index contributed by atoms with van der Waals surface area (Å²) < 4.78 is 5.66. The Morgan fingerprint density at radius 2 is 1.57 bits per heavy atom. The first kappa shape index (κ1) is 23.4. The number of piperidine rings is 1. The summed E-state index contributed by atoms with van der Waals surface area (Å²) in [5.41, 5.74) is 4.60. The Kier molecular flexibility index (Phi) is 6.50. The molecule has 2 bridgehead atoms. The molecule has 7 nitrogen and oxygen atoms in total. The van der Waals surface area contributed by atoms with Crippen LogP contribution in [0, 0.1) is 17.8 Å². The van der Waals surface area contributed by atoms with Gasteiger partial charge in [0.05, 0.1) is 5.92 Å². The van der Waals surface area contributed by atoms with Crippen LogP contribution in [-0.2, 0) is 14.3 Å². The number of carboxylic acid groups (broad SMARTS) is 1. The van der Waals surface area contributed by atoms with Crippen molar-refractivity contribution in [1.29, 1.82) is 0 Å². The topological polar surface area (TPSA) is 95.9 Å². The molecule has 2 aromatic rings. The molecule has 2 amide bonds. The number of aliphatic carboxylic acids is 1. The normalized spacial score (nSPS) is 23.3. The van der Waals surface area contributed by atoms with E-state index in [1.54, 1.807) is 4.90 Å². The number of nitrogens with zero attached hydrogens (tertiary/aromatic N) is 1. The summed E-state index contributed by atoms with van der Waals surface area (Å²) in [7, 11) is 0. The van der Waals surface area contributed by atoms with Crippen molar-refractivity contribution >= 4 is 18.0 Å². The predicted octanol–water partition coefficient (Wildman–Crippen LogP) is 4.26. The summed E-state index contributed by atoms with van der Waals surface area (Å²) in [5.74, 6) is -1.32. The highest BCUT2D eigenvalue weighted by molar-refractivity contribution is 5.86. The van der Waals surface area contributed by atoms with Crippen LogP contribution in [0.1, 0.15) is 49.7 Å². The zero-order valence-electron chi connectivity index (χ0n) is 20.0. The maximum absolute atomic E-state index is 13.3. The van der Waals surface area contributed by atoms with Crippen LogP contribution < -0.4 is 5.32 Å². The van der Waals surface area contributed by atoms with Crippen LogP contribution >= 0.6 is 0 Å². The lowest BCUT2D eigenvalue weighted by Gasteiger charge is -2.37. The molecule has 2 N–H and O–H groups in total. The molecule has 2 fully saturated rings. The van der Waals surface area contributed by atoms with Gasteiger partial charge in [0, 0.05) is 19.0 Å². The number of fused-ring (bicyclic) bond motifs is 5. The lowest BCUT2D eigenvalue weighted by atomic mass is 9.85. The Balaban J connectivity index is 1.23. The molecule has 3 atom stereocenters. The number of hydrogen-bond donors (Lipinski definition) is 2. The Morgan fingerprint density at radius 1 is 1.00 bits per heavy atom. The molecular formula is C28H32N2O5. The number of alkyl carbamates (subject to hydrolysis) is 1. The number of amides is 2. The first-order valence-electron chi connectivity index (χ1n) is 12.6. The van der Waals surface area contributed by atoms with Gasteiger partial charge in [-0.05, 0) is 53.4 Å². The predicted molar refractivity (Wildman–Crippen MR) is 131 cm³/mol. The highest BCUT2D eigenvalue weighted by Crippen LogP contribution is 2.45. The highest BCUT2D eigenvalue weighted by Gasteiger charge is 2.47. The minimum Gasteiger partial charge on any atom is -0.481 e. The number of ether oxygens (including phenoxy) is 1. The molecule has 0 aromatic heterocycles. The molecule has 3 aliphatic rings. The summed E-state index contributed by atoms with van der Waals surface area (Å²) in [6, 6.07) is 15.7. The van der Waals surface area contributed by atoms with Crippen LogP contribution in [-0.4, -0.2) is 53.7 Å². The molecule has 184 valence electrons. The Bertz CT molecular complexity index is 1070. The molecule has 3 unspecified atom stereocenters. The van der Waals surface area contributed by atoms with E-state index >= 15 is 0 Å². The van der Waals surface area contributed by atoms with Gasteiger partial charge < -0.3 is 20.1 Å². The van der Waals surface area contributed by atoms with E-state index in [0.717, 1.165) is 41.5 Å². The lowest BCUT2D eigenvalue weighted by molar-refractivity contribution is -0.150. The van der Waals surface area contributed by atoms with Crippen LogP contribution in [0.25, 0.3) is 11.1 Å². The molecular weight excluding hydrogens is 444 g/mol. The number of rotatable bonds is 7. The second-order valence-corrected chi connectivity index (χ2v) is 10.0. The first-order chi connectivity index (χ1) is 17.0. The lowest BCUT2D eigenvalue weighted by Crippen LogP contribution is -2.54. The second-order valence-electron chi connectivity index (χ2n) is 10.0. The van der Waals surface area contributed by atoms with E-state index in [9.17, 15) is 19.5 Å². The zero-order valence-corrected chi connectivity index (χ0v) is 20.0. The molecule has 7 heteroatoms. The summed E-state index contributed by atoms with van der Waals surface area (Å²) in [4.78, 5) is 39.5. The molecule has 0 spiro atoms. The van der Waals surface area contributed by atoms with Crippen LogP contribution in [0.4, 0.5) is 4.79 Å². The number of hydrogen-bond acceptors (Lipinski definition) is 4. The van der Waals surface area contributed by atoms with Crippen molar-refractivity contribution in [3.63, 3.8) is 0 Å². The summed E-state index contributed by atoms with van der Waals surface area (Å²) >= 11 is 0.